The molecule has 4 aromatic rings. The summed E-state index contributed by atoms with van der Waals surface area (Å²) in [6.07, 6.45) is 0. The third kappa shape index (κ3) is 3.95. The fraction of sp³-hybridized carbons (Fsp3) is 0.0952. The van der Waals surface area contributed by atoms with E-state index in [1.54, 1.807) is 0 Å². The Labute approximate surface area is 171 Å². The van der Waals surface area contributed by atoms with Gasteiger partial charge in [-0.1, -0.05) is 48.5 Å². The number of nitrogens with zero attached hydrogens (tertiary/aromatic N) is 2. The maximum Gasteiger partial charge on any atom is 0.327 e. The minimum atomic E-state index is -0.351. The van der Waals surface area contributed by atoms with Crippen molar-refractivity contribution >= 4 is 39.0 Å². The number of aromatic nitrogens is 2. The Morgan fingerprint density at radius 2 is 1.18 bits per heavy atom. The van der Waals surface area contributed by atoms with Crippen LogP contribution in [-0.2, 0) is 0 Å². The molecule has 0 radical (unpaired) electrons. The van der Waals surface area contributed by atoms with Crippen LogP contribution >= 0.6 is 22.7 Å². The lowest BCUT2D eigenvalue weighted by atomic mass is 10.1. The molecule has 0 saturated heterocycles. The van der Waals surface area contributed by atoms with Crippen molar-refractivity contribution in [2.75, 3.05) is 10.6 Å². The summed E-state index contributed by atoms with van der Waals surface area (Å²) in [6.45, 7) is 4.09. The third-order valence-corrected chi connectivity index (χ3v) is 5.81. The number of urea groups is 1. The zero-order valence-corrected chi connectivity index (χ0v) is 17.0. The number of thiazole rings is 2. The van der Waals surface area contributed by atoms with E-state index in [1.807, 2.05) is 73.1 Å². The summed E-state index contributed by atoms with van der Waals surface area (Å²) in [7, 11) is 0. The SMILES string of the molecule is Cc1ccccc1-c1csc(NC(=O)Nc2nc(-c3ccccc3C)cs2)n1. The van der Waals surface area contributed by atoms with Crippen molar-refractivity contribution in [2.45, 2.75) is 13.8 Å². The lowest BCUT2D eigenvalue weighted by Gasteiger charge is -2.03. The van der Waals surface area contributed by atoms with Gasteiger partial charge in [-0.05, 0) is 25.0 Å². The van der Waals surface area contributed by atoms with Gasteiger partial charge < -0.3 is 0 Å². The Hall–Kier alpha value is -3.03. The molecule has 0 saturated carbocycles. The number of amides is 2. The van der Waals surface area contributed by atoms with Crippen molar-refractivity contribution in [3.8, 4) is 22.5 Å². The molecule has 0 bridgehead atoms. The molecule has 0 aliphatic carbocycles. The topological polar surface area (TPSA) is 66.9 Å². The lowest BCUT2D eigenvalue weighted by molar-refractivity contribution is 0.262. The maximum atomic E-state index is 12.3. The Morgan fingerprint density at radius 3 is 1.61 bits per heavy atom. The van der Waals surface area contributed by atoms with Crippen molar-refractivity contribution < 1.29 is 4.79 Å². The lowest BCUT2D eigenvalue weighted by Crippen LogP contribution is -2.19. The van der Waals surface area contributed by atoms with Crippen LogP contribution in [-0.4, -0.2) is 16.0 Å². The molecule has 28 heavy (non-hydrogen) atoms. The van der Waals surface area contributed by atoms with Gasteiger partial charge in [0.15, 0.2) is 10.3 Å². The molecule has 4 rings (SSSR count). The van der Waals surface area contributed by atoms with Crippen molar-refractivity contribution in [2.24, 2.45) is 0 Å². The molecule has 140 valence electrons. The summed E-state index contributed by atoms with van der Waals surface area (Å²) in [5, 5.41) is 10.5. The third-order valence-electron chi connectivity index (χ3n) is 4.29. The molecule has 0 atom stereocenters. The average Bonchev–Trinajstić information content (AvgIpc) is 3.32. The number of carbonyl (C=O) groups is 1. The van der Waals surface area contributed by atoms with Gasteiger partial charge in [-0.3, -0.25) is 10.6 Å². The highest BCUT2D eigenvalue weighted by atomic mass is 32.1. The molecule has 0 unspecified atom stereocenters. The Bertz CT molecular complexity index is 1040. The molecule has 5 nitrogen and oxygen atoms in total. The van der Waals surface area contributed by atoms with Crippen LogP contribution in [0.25, 0.3) is 22.5 Å². The van der Waals surface area contributed by atoms with Crippen LogP contribution in [0.5, 0.6) is 0 Å². The van der Waals surface area contributed by atoms with Crippen LogP contribution in [0.15, 0.2) is 59.3 Å². The van der Waals surface area contributed by atoms with Gasteiger partial charge in [0.25, 0.3) is 0 Å². The van der Waals surface area contributed by atoms with E-state index in [0.29, 0.717) is 10.3 Å². The molecular weight excluding hydrogens is 388 g/mol. The van der Waals surface area contributed by atoms with Crippen LogP contribution in [0, 0.1) is 13.8 Å². The van der Waals surface area contributed by atoms with Crippen LogP contribution in [0.2, 0.25) is 0 Å². The van der Waals surface area contributed by atoms with Gasteiger partial charge in [-0.25, -0.2) is 14.8 Å². The number of hydrogen-bond acceptors (Lipinski definition) is 5. The molecule has 2 aromatic carbocycles. The molecule has 2 N–H and O–H groups in total. The molecule has 2 heterocycles. The Kier molecular flexibility index (Phi) is 5.18. The first-order chi connectivity index (χ1) is 13.6. The summed E-state index contributed by atoms with van der Waals surface area (Å²) < 4.78 is 0. The summed E-state index contributed by atoms with van der Waals surface area (Å²) >= 11 is 2.79. The van der Waals surface area contributed by atoms with Crippen LogP contribution in [0.3, 0.4) is 0 Å². The summed E-state index contributed by atoms with van der Waals surface area (Å²) in [5.41, 5.74) is 6.14. The zero-order chi connectivity index (χ0) is 19.5. The Morgan fingerprint density at radius 1 is 0.750 bits per heavy atom. The largest absolute Gasteiger partial charge is 0.327 e. The summed E-state index contributed by atoms with van der Waals surface area (Å²) in [6, 6.07) is 15.7. The molecule has 0 aliphatic heterocycles. The normalized spacial score (nSPS) is 10.6. The Balaban J connectivity index is 1.43. The molecule has 0 spiro atoms. The second kappa shape index (κ2) is 7.92. The first-order valence-electron chi connectivity index (χ1n) is 8.71. The average molecular weight is 407 g/mol. The van der Waals surface area contributed by atoms with Gasteiger partial charge in [-0.2, -0.15) is 0 Å². The highest BCUT2D eigenvalue weighted by Crippen LogP contribution is 2.29. The minimum Gasteiger partial charge on any atom is -0.283 e. The first-order valence-corrected chi connectivity index (χ1v) is 10.5. The van der Waals surface area contributed by atoms with Gasteiger partial charge in [0.1, 0.15) is 0 Å². The monoisotopic (exact) mass is 406 g/mol. The van der Waals surface area contributed by atoms with E-state index in [-0.39, 0.29) is 6.03 Å². The molecule has 0 aliphatic rings. The van der Waals surface area contributed by atoms with E-state index in [0.717, 1.165) is 33.6 Å². The predicted molar refractivity (Wildman–Crippen MR) is 117 cm³/mol. The highest BCUT2D eigenvalue weighted by Gasteiger charge is 2.12. The van der Waals surface area contributed by atoms with Crippen molar-refractivity contribution in [3.05, 3.63) is 70.4 Å². The van der Waals surface area contributed by atoms with Crippen molar-refractivity contribution in [1.82, 2.24) is 9.97 Å². The van der Waals surface area contributed by atoms with Gasteiger partial charge in [0, 0.05) is 21.9 Å². The van der Waals surface area contributed by atoms with E-state index in [2.05, 4.69) is 20.6 Å². The highest BCUT2D eigenvalue weighted by molar-refractivity contribution is 7.14. The standard InChI is InChI=1S/C21H18N4OS2/c1-13-7-3-5-9-15(13)17-11-27-20(22-17)24-19(26)25-21-23-18(12-28-21)16-10-6-4-8-14(16)2/h3-12H,1-2H3,(H2,22,23,24,25,26). The molecule has 2 aromatic heterocycles. The first kappa shape index (κ1) is 18.3. The molecule has 7 heteroatoms. The summed E-state index contributed by atoms with van der Waals surface area (Å²) in [4.78, 5) is 21.4. The predicted octanol–water partition coefficient (Wildman–Crippen LogP) is 6.19. The van der Waals surface area contributed by atoms with Crippen LogP contribution in [0.1, 0.15) is 11.1 Å². The van der Waals surface area contributed by atoms with E-state index in [1.165, 1.54) is 22.7 Å². The number of anilines is 2. The number of rotatable bonds is 4. The number of benzene rings is 2. The van der Waals surface area contributed by atoms with Gasteiger partial charge in [0.2, 0.25) is 0 Å². The fourth-order valence-corrected chi connectivity index (χ4v) is 4.27. The van der Waals surface area contributed by atoms with E-state index < -0.39 is 0 Å². The second-order valence-electron chi connectivity index (χ2n) is 6.28. The van der Waals surface area contributed by atoms with Crippen molar-refractivity contribution in [1.29, 1.82) is 0 Å². The van der Waals surface area contributed by atoms with Gasteiger partial charge >= 0.3 is 6.03 Å². The molecular formula is C21H18N4OS2. The van der Waals surface area contributed by atoms with Crippen molar-refractivity contribution in [3.63, 3.8) is 0 Å². The number of hydrogen-bond donors (Lipinski definition) is 2. The van der Waals surface area contributed by atoms with Gasteiger partial charge in [0.05, 0.1) is 11.4 Å². The molecule has 0 fully saturated rings. The van der Waals surface area contributed by atoms with E-state index in [9.17, 15) is 4.79 Å². The zero-order valence-electron chi connectivity index (χ0n) is 15.4. The maximum absolute atomic E-state index is 12.3. The molecule has 2 amide bonds. The second-order valence-corrected chi connectivity index (χ2v) is 8.00. The fourth-order valence-electron chi connectivity index (χ4n) is 2.86. The van der Waals surface area contributed by atoms with E-state index >= 15 is 0 Å². The van der Waals surface area contributed by atoms with Gasteiger partial charge in [-0.15, -0.1) is 22.7 Å². The summed E-state index contributed by atoms with van der Waals surface area (Å²) in [5.74, 6) is 0. The smallest absolute Gasteiger partial charge is 0.283 e. The number of nitrogens with one attached hydrogen (secondary N) is 2. The number of carbonyl (C=O) groups excluding carboxylic acids is 1. The minimum absolute atomic E-state index is 0.351. The van der Waals surface area contributed by atoms with Crippen LogP contribution < -0.4 is 10.6 Å². The number of aryl methyl sites for hydroxylation is 2. The quantitative estimate of drug-likeness (QED) is 0.424. The van der Waals surface area contributed by atoms with Crippen LogP contribution in [0.4, 0.5) is 15.1 Å². The van der Waals surface area contributed by atoms with E-state index in [4.69, 9.17) is 0 Å².